The van der Waals surface area contributed by atoms with Crippen molar-refractivity contribution >= 4 is 33.3 Å². The van der Waals surface area contributed by atoms with E-state index in [0.717, 1.165) is 10.0 Å². The molecule has 0 aromatic heterocycles. The van der Waals surface area contributed by atoms with Gasteiger partial charge in [-0.15, -0.1) is 0 Å². The van der Waals surface area contributed by atoms with Gasteiger partial charge in [0.1, 0.15) is 11.9 Å². The number of cyclic esters (lactones) is 1. The van der Waals surface area contributed by atoms with Gasteiger partial charge in [0, 0.05) is 10.9 Å². The Morgan fingerprint density at radius 2 is 2.00 bits per heavy atom. The second kappa shape index (κ2) is 4.84. The van der Waals surface area contributed by atoms with E-state index in [1.165, 1.54) is 6.92 Å². The average Bonchev–Trinajstić information content (AvgIpc) is 2.59. The van der Waals surface area contributed by atoms with Crippen LogP contribution in [-0.2, 0) is 14.3 Å². The Bertz CT molecular complexity index is 488. The highest BCUT2D eigenvalue weighted by Gasteiger charge is 2.27. The number of hydrogen-bond donors (Lipinski definition) is 0. The van der Waals surface area contributed by atoms with Crippen molar-refractivity contribution in [1.82, 2.24) is 0 Å². The van der Waals surface area contributed by atoms with Crippen molar-refractivity contribution in [1.29, 1.82) is 0 Å². The minimum Gasteiger partial charge on any atom is -0.454 e. The third kappa shape index (κ3) is 2.82. The molecule has 0 saturated heterocycles. The second-order valence-corrected chi connectivity index (χ2v) is 4.85. The summed E-state index contributed by atoms with van der Waals surface area (Å²) >= 11 is 3.33. The molecule has 4 heteroatoms. The highest BCUT2D eigenvalue weighted by atomic mass is 79.9. The number of rotatable bonds is 3. The monoisotopic (exact) mass is 294 g/mol. The molecule has 0 saturated carbocycles. The first-order valence-corrected chi connectivity index (χ1v) is 6.04. The van der Waals surface area contributed by atoms with Gasteiger partial charge in [-0.3, -0.25) is 4.79 Å². The van der Waals surface area contributed by atoms with Gasteiger partial charge >= 0.3 is 5.97 Å². The Hall–Kier alpha value is -1.42. The van der Waals surface area contributed by atoms with E-state index in [0.29, 0.717) is 5.57 Å². The zero-order chi connectivity index (χ0) is 12.4. The van der Waals surface area contributed by atoms with Crippen LogP contribution in [0.2, 0.25) is 0 Å². The maximum atomic E-state index is 11.6. The molecule has 1 aromatic carbocycles. The Labute approximate surface area is 108 Å². The van der Waals surface area contributed by atoms with E-state index in [1.54, 1.807) is 6.08 Å². The van der Waals surface area contributed by atoms with Crippen LogP contribution >= 0.6 is 15.9 Å². The van der Waals surface area contributed by atoms with Crippen LogP contribution in [0.5, 0.6) is 0 Å². The van der Waals surface area contributed by atoms with Gasteiger partial charge in [0.05, 0.1) is 5.57 Å². The van der Waals surface area contributed by atoms with Crippen molar-refractivity contribution in [2.45, 2.75) is 19.4 Å². The van der Waals surface area contributed by atoms with Gasteiger partial charge in [0.25, 0.3) is 0 Å². The number of benzene rings is 1. The predicted molar refractivity (Wildman–Crippen MR) is 67.3 cm³/mol. The lowest BCUT2D eigenvalue weighted by atomic mass is 10.1. The average molecular weight is 295 g/mol. The highest BCUT2D eigenvalue weighted by molar-refractivity contribution is 9.10. The molecule has 3 nitrogen and oxygen atoms in total. The van der Waals surface area contributed by atoms with Gasteiger partial charge in [-0.2, -0.15) is 0 Å². The Morgan fingerprint density at radius 1 is 1.35 bits per heavy atom. The molecule has 1 aromatic rings. The molecule has 0 radical (unpaired) electrons. The number of Topliss-reactive ketones (excluding diaryl/α,β-unsaturated/α-hetero) is 1. The van der Waals surface area contributed by atoms with Crippen LogP contribution in [0, 0.1) is 0 Å². The molecule has 0 fully saturated rings. The summed E-state index contributed by atoms with van der Waals surface area (Å²) < 4.78 is 6.06. The topological polar surface area (TPSA) is 43.4 Å². The molecule has 17 heavy (non-hydrogen) atoms. The second-order valence-electron chi connectivity index (χ2n) is 3.94. The Kier molecular flexibility index (Phi) is 3.43. The molecule has 1 unspecified atom stereocenters. The summed E-state index contributed by atoms with van der Waals surface area (Å²) in [6.07, 6.45) is 1.54. The summed E-state index contributed by atoms with van der Waals surface area (Å²) in [6, 6.07) is 7.41. The molecular formula is C13H11BrO3. The molecule has 88 valence electrons. The van der Waals surface area contributed by atoms with Crippen molar-refractivity contribution in [3.05, 3.63) is 40.4 Å². The summed E-state index contributed by atoms with van der Waals surface area (Å²) in [5.74, 6) is -0.352. The number of ketones is 1. The lowest BCUT2D eigenvalue weighted by Gasteiger charge is -2.03. The fourth-order valence-corrected chi connectivity index (χ4v) is 1.98. The van der Waals surface area contributed by atoms with Crippen molar-refractivity contribution in [2.75, 3.05) is 0 Å². The minimum absolute atomic E-state index is 0.0103. The lowest BCUT2D eigenvalue weighted by Crippen LogP contribution is -2.11. The molecule has 1 heterocycles. The van der Waals surface area contributed by atoms with Crippen LogP contribution in [0.3, 0.4) is 0 Å². The third-order valence-electron chi connectivity index (χ3n) is 2.47. The SMILES string of the molecule is CC(=O)CC1C=C(c2ccc(Br)cc2)C(=O)O1. The van der Waals surface area contributed by atoms with Gasteiger partial charge in [-0.05, 0) is 30.7 Å². The van der Waals surface area contributed by atoms with E-state index in [9.17, 15) is 9.59 Å². The molecule has 0 bridgehead atoms. The minimum atomic E-state index is -0.418. The Balaban J connectivity index is 2.23. The number of halogens is 1. The third-order valence-corrected chi connectivity index (χ3v) is 3.00. The van der Waals surface area contributed by atoms with Gasteiger partial charge < -0.3 is 4.74 Å². The van der Waals surface area contributed by atoms with E-state index in [2.05, 4.69) is 15.9 Å². The quantitative estimate of drug-likeness (QED) is 0.805. The first-order chi connectivity index (χ1) is 8.06. The maximum absolute atomic E-state index is 11.6. The van der Waals surface area contributed by atoms with Crippen LogP contribution in [-0.4, -0.2) is 17.9 Å². The van der Waals surface area contributed by atoms with Crippen molar-refractivity contribution < 1.29 is 14.3 Å². The maximum Gasteiger partial charge on any atom is 0.339 e. The normalized spacial score (nSPS) is 18.8. The van der Waals surface area contributed by atoms with Gasteiger partial charge in [-0.25, -0.2) is 4.79 Å². The molecule has 0 aliphatic carbocycles. The van der Waals surface area contributed by atoms with Crippen LogP contribution in [0.4, 0.5) is 0 Å². The van der Waals surface area contributed by atoms with Crippen molar-refractivity contribution in [3.8, 4) is 0 Å². The summed E-state index contributed by atoms with van der Waals surface area (Å²) in [7, 11) is 0. The lowest BCUT2D eigenvalue weighted by molar-refractivity contribution is -0.138. The van der Waals surface area contributed by atoms with Gasteiger partial charge in [-0.1, -0.05) is 28.1 Å². The van der Waals surface area contributed by atoms with E-state index in [-0.39, 0.29) is 18.2 Å². The van der Waals surface area contributed by atoms with Crippen molar-refractivity contribution in [3.63, 3.8) is 0 Å². The standard InChI is InChI=1S/C13H11BrO3/c1-8(15)6-11-7-12(13(16)17-11)9-2-4-10(14)5-3-9/h2-5,7,11H,6H2,1H3. The van der Waals surface area contributed by atoms with Crippen molar-refractivity contribution in [2.24, 2.45) is 0 Å². The van der Waals surface area contributed by atoms with Crippen LogP contribution in [0.25, 0.3) is 5.57 Å². The van der Waals surface area contributed by atoms with Gasteiger partial charge in [0.15, 0.2) is 0 Å². The van der Waals surface area contributed by atoms with E-state index in [4.69, 9.17) is 4.74 Å². The first-order valence-electron chi connectivity index (χ1n) is 5.24. The molecule has 0 amide bonds. The fraction of sp³-hybridized carbons (Fsp3) is 0.231. The van der Waals surface area contributed by atoms with Crippen LogP contribution in [0.15, 0.2) is 34.8 Å². The molecule has 0 spiro atoms. The van der Waals surface area contributed by atoms with E-state index < -0.39 is 6.10 Å². The molecule has 1 aliphatic rings. The van der Waals surface area contributed by atoms with E-state index >= 15 is 0 Å². The molecular weight excluding hydrogens is 284 g/mol. The van der Waals surface area contributed by atoms with Crippen LogP contribution in [0.1, 0.15) is 18.9 Å². The molecule has 2 rings (SSSR count). The highest BCUT2D eigenvalue weighted by Crippen LogP contribution is 2.26. The summed E-state index contributed by atoms with van der Waals surface area (Å²) in [5, 5.41) is 0. The number of carbonyl (C=O) groups excluding carboxylic acids is 2. The molecule has 1 atom stereocenters. The van der Waals surface area contributed by atoms with Crippen LogP contribution < -0.4 is 0 Å². The number of hydrogen-bond acceptors (Lipinski definition) is 3. The smallest absolute Gasteiger partial charge is 0.339 e. The molecule has 0 N–H and O–H groups in total. The zero-order valence-corrected chi connectivity index (χ0v) is 10.9. The van der Waals surface area contributed by atoms with Gasteiger partial charge in [0.2, 0.25) is 0 Å². The predicted octanol–water partition coefficient (Wildman–Crippen LogP) is 2.74. The molecule has 1 aliphatic heterocycles. The zero-order valence-electron chi connectivity index (χ0n) is 9.27. The number of ether oxygens (including phenoxy) is 1. The first kappa shape index (κ1) is 12.0. The summed E-state index contributed by atoms with van der Waals surface area (Å²) in [6.45, 7) is 1.49. The summed E-state index contributed by atoms with van der Waals surface area (Å²) in [4.78, 5) is 22.6. The fourth-order valence-electron chi connectivity index (χ4n) is 1.72. The Morgan fingerprint density at radius 3 is 2.59 bits per heavy atom. The van der Waals surface area contributed by atoms with E-state index in [1.807, 2.05) is 24.3 Å². The summed E-state index contributed by atoms with van der Waals surface area (Å²) in [5.41, 5.74) is 1.34. The largest absolute Gasteiger partial charge is 0.454 e. The number of carbonyl (C=O) groups is 2. The number of esters is 1.